The molecule has 0 amide bonds. The second kappa shape index (κ2) is 7.16. The molecule has 0 aliphatic rings. The van der Waals surface area contributed by atoms with Gasteiger partial charge in [0.2, 0.25) is 10.4 Å². The fourth-order valence-corrected chi connectivity index (χ4v) is 1.12. The van der Waals surface area contributed by atoms with Gasteiger partial charge in [-0.3, -0.25) is 4.18 Å². The summed E-state index contributed by atoms with van der Waals surface area (Å²) in [6, 6.07) is 9.27. The van der Waals surface area contributed by atoms with E-state index in [1.54, 1.807) is 6.08 Å². The molecule has 0 heterocycles. The Morgan fingerprint density at radius 2 is 1.87 bits per heavy atom. The summed E-state index contributed by atoms with van der Waals surface area (Å²) in [6.07, 6.45) is 3.13. The van der Waals surface area contributed by atoms with Crippen LogP contribution in [0.15, 0.2) is 36.4 Å². The van der Waals surface area contributed by atoms with Gasteiger partial charge in [-0.15, -0.1) is 0 Å². The van der Waals surface area contributed by atoms with E-state index in [1.807, 2.05) is 30.3 Å². The molecule has 0 atom stereocenters. The Morgan fingerprint density at radius 3 is 2.40 bits per heavy atom. The first-order valence-electron chi connectivity index (χ1n) is 3.90. The van der Waals surface area contributed by atoms with Gasteiger partial charge in [0.25, 0.3) is 0 Å². The molecule has 1 rings (SSSR count). The average molecular weight is 236 g/mol. The maximum atomic E-state index is 10.0. The zero-order chi connectivity index (χ0) is 10.4. The van der Waals surface area contributed by atoms with Gasteiger partial charge in [0.1, 0.15) is 0 Å². The Kier molecular flexibility index (Phi) is 7.08. The van der Waals surface area contributed by atoms with E-state index in [9.17, 15) is 13.0 Å². The van der Waals surface area contributed by atoms with Crippen molar-refractivity contribution in [1.29, 1.82) is 0 Å². The maximum Gasteiger partial charge on any atom is 1.00 e. The molecule has 0 bridgehead atoms. The van der Waals surface area contributed by atoms with Crippen LogP contribution in [0.1, 0.15) is 5.56 Å². The Labute approximate surface area is 111 Å². The molecule has 0 saturated heterocycles. The third-order valence-electron chi connectivity index (χ3n) is 1.42. The maximum absolute atomic E-state index is 10.0. The van der Waals surface area contributed by atoms with Crippen LogP contribution >= 0.6 is 0 Å². The van der Waals surface area contributed by atoms with Crippen LogP contribution in [0, 0.1) is 0 Å². The van der Waals surface area contributed by atoms with Crippen molar-refractivity contribution in [3.63, 3.8) is 0 Å². The first-order valence-corrected chi connectivity index (χ1v) is 5.23. The standard InChI is InChI=1S/C9H10O4S.Na/c10-14(11,12)13-8-4-7-9-5-2-1-3-6-9;/h1-7H,8H2,(H,10,11,12);/q;+1/p-1. The van der Waals surface area contributed by atoms with Gasteiger partial charge in [0.05, 0.1) is 6.61 Å². The monoisotopic (exact) mass is 236 g/mol. The van der Waals surface area contributed by atoms with Gasteiger partial charge in [-0.2, -0.15) is 0 Å². The molecule has 1 aromatic rings. The molecule has 0 fully saturated rings. The molecule has 15 heavy (non-hydrogen) atoms. The van der Waals surface area contributed by atoms with Gasteiger partial charge in [-0.05, 0) is 5.56 Å². The second-order valence-corrected chi connectivity index (χ2v) is 3.56. The fourth-order valence-electron chi connectivity index (χ4n) is 0.871. The van der Waals surface area contributed by atoms with Gasteiger partial charge >= 0.3 is 29.6 Å². The van der Waals surface area contributed by atoms with Crippen LogP contribution in [0.2, 0.25) is 0 Å². The molecule has 6 heteroatoms. The van der Waals surface area contributed by atoms with Crippen molar-refractivity contribution in [3.8, 4) is 0 Å². The van der Waals surface area contributed by atoms with Crippen molar-refractivity contribution in [1.82, 2.24) is 0 Å². The third kappa shape index (κ3) is 7.72. The smallest absolute Gasteiger partial charge is 0.726 e. The summed E-state index contributed by atoms with van der Waals surface area (Å²) in [6.45, 7) is -0.235. The van der Waals surface area contributed by atoms with E-state index in [2.05, 4.69) is 4.18 Å². The summed E-state index contributed by atoms with van der Waals surface area (Å²) in [5.74, 6) is 0. The molecular weight excluding hydrogens is 227 g/mol. The van der Waals surface area contributed by atoms with Crippen molar-refractivity contribution in [2.75, 3.05) is 6.61 Å². The first kappa shape index (κ1) is 14.8. The Hall–Kier alpha value is -0.170. The van der Waals surface area contributed by atoms with Crippen molar-refractivity contribution in [2.24, 2.45) is 0 Å². The van der Waals surface area contributed by atoms with Gasteiger partial charge in [-0.1, -0.05) is 42.5 Å². The zero-order valence-corrected chi connectivity index (χ0v) is 11.1. The number of rotatable bonds is 4. The number of hydrogen-bond donors (Lipinski definition) is 0. The molecule has 0 spiro atoms. The van der Waals surface area contributed by atoms with Crippen molar-refractivity contribution >= 4 is 16.5 Å². The van der Waals surface area contributed by atoms with Crippen LogP contribution in [0.25, 0.3) is 6.08 Å². The minimum Gasteiger partial charge on any atom is -0.726 e. The second-order valence-electron chi connectivity index (χ2n) is 2.51. The van der Waals surface area contributed by atoms with E-state index in [0.717, 1.165) is 5.56 Å². The van der Waals surface area contributed by atoms with E-state index < -0.39 is 10.4 Å². The Balaban J connectivity index is 0.00000196. The van der Waals surface area contributed by atoms with Gasteiger partial charge in [-0.25, -0.2) is 8.42 Å². The summed E-state index contributed by atoms with van der Waals surface area (Å²) in [7, 11) is -4.58. The van der Waals surface area contributed by atoms with Crippen molar-refractivity contribution in [3.05, 3.63) is 42.0 Å². The van der Waals surface area contributed by atoms with Gasteiger partial charge in [0, 0.05) is 0 Å². The van der Waals surface area contributed by atoms with E-state index in [0.29, 0.717) is 0 Å². The Morgan fingerprint density at radius 1 is 1.27 bits per heavy atom. The van der Waals surface area contributed by atoms with Crippen LogP contribution in [-0.4, -0.2) is 19.6 Å². The Bertz CT molecular complexity index is 399. The molecule has 4 nitrogen and oxygen atoms in total. The summed E-state index contributed by atoms with van der Waals surface area (Å²) < 4.78 is 34.1. The summed E-state index contributed by atoms with van der Waals surface area (Å²) in [4.78, 5) is 0. The molecule has 0 radical (unpaired) electrons. The minimum absolute atomic E-state index is 0. The topological polar surface area (TPSA) is 66.4 Å². The van der Waals surface area contributed by atoms with E-state index in [-0.39, 0.29) is 36.2 Å². The molecule has 0 unspecified atom stereocenters. The molecular formula is C9H9NaO4S. The molecule has 0 N–H and O–H groups in total. The van der Waals surface area contributed by atoms with E-state index in [4.69, 9.17) is 0 Å². The first-order chi connectivity index (χ1) is 6.58. The molecule has 76 valence electrons. The number of hydrogen-bond acceptors (Lipinski definition) is 4. The van der Waals surface area contributed by atoms with Crippen LogP contribution < -0.4 is 29.6 Å². The van der Waals surface area contributed by atoms with Crippen molar-refractivity contribution in [2.45, 2.75) is 0 Å². The van der Waals surface area contributed by atoms with Gasteiger partial charge < -0.3 is 4.55 Å². The molecule has 1 aromatic carbocycles. The normalized spacial score (nSPS) is 11.3. The van der Waals surface area contributed by atoms with E-state index >= 15 is 0 Å². The summed E-state index contributed by atoms with van der Waals surface area (Å²) >= 11 is 0. The van der Waals surface area contributed by atoms with Crippen LogP contribution in [0.3, 0.4) is 0 Å². The summed E-state index contributed by atoms with van der Waals surface area (Å²) in [5.41, 5.74) is 0.916. The minimum atomic E-state index is -4.58. The molecule has 0 aliphatic carbocycles. The SMILES string of the molecule is O=S(=O)([O-])OCC=Cc1ccccc1.[Na+]. The molecule has 0 aromatic heterocycles. The van der Waals surface area contributed by atoms with E-state index in [1.165, 1.54) is 6.08 Å². The molecule has 0 saturated carbocycles. The number of benzene rings is 1. The summed E-state index contributed by atoms with van der Waals surface area (Å²) in [5, 5.41) is 0. The quantitative estimate of drug-likeness (QED) is 0.351. The van der Waals surface area contributed by atoms with Crippen LogP contribution in [-0.2, 0) is 14.6 Å². The zero-order valence-electron chi connectivity index (χ0n) is 8.29. The average Bonchev–Trinajstić information content (AvgIpc) is 2.13. The molecule has 0 aliphatic heterocycles. The predicted octanol–water partition coefficient (Wildman–Crippen LogP) is -1.82. The predicted molar refractivity (Wildman–Crippen MR) is 51.1 cm³/mol. The van der Waals surface area contributed by atoms with Crippen LogP contribution in [0.4, 0.5) is 0 Å². The van der Waals surface area contributed by atoms with Gasteiger partial charge in [0.15, 0.2) is 0 Å². The van der Waals surface area contributed by atoms with Crippen LogP contribution in [0.5, 0.6) is 0 Å². The third-order valence-corrected chi connectivity index (χ3v) is 1.84. The largest absolute Gasteiger partial charge is 1.00 e. The fraction of sp³-hybridized carbons (Fsp3) is 0.111. The van der Waals surface area contributed by atoms with Crippen molar-refractivity contribution < 1.29 is 46.7 Å².